The topological polar surface area (TPSA) is 171 Å². The van der Waals surface area contributed by atoms with Gasteiger partial charge in [0.15, 0.2) is 0 Å². The Balaban J connectivity index is 2.07. The lowest BCUT2D eigenvalue weighted by molar-refractivity contribution is -0.142. The molecule has 1 aliphatic rings. The lowest BCUT2D eigenvalue weighted by Crippen LogP contribution is -2.59. The number of nitrogens with one attached hydrogen (secondary N) is 3. The van der Waals surface area contributed by atoms with E-state index in [0.29, 0.717) is 25.8 Å². The van der Waals surface area contributed by atoms with Crippen molar-refractivity contribution >= 4 is 54.0 Å². The molecule has 1 heterocycles. The van der Waals surface area contributed by atoms with Crippen LogP contribution in [-0.2, 0) is 30.4 Å². The van der Waals surface area contributed by atoms with Crippen LogP contribution in [0.25, 0.3) is 0 Å². The van der Waals surface area contributed by atoms with Gasteiger partial charge in [-0.15, -0.1) is 0 Å². The average Bonchev–Trinajstić information content (AvgIpc) is 3.43. The Hall–Kier alpha value is -2.77. The van der Waals surface area contributed by atoms with Crippen molar-refractivity contribution in [3.05, 3.63) is 35.9 Å². The number of amides is 4. The van der Waals surface area contributed by atoms with E-state index in [9.17, 15) is 29.1 Å². The van der Waals surface area contributed by atoms with Crippen LogP contribution < -0.4 is 21.7 Å². The molecule has 1 aliphatic heterocycles. The van der Waals surface area contributed by atoms with Gasteiger partial charge >= 0.3 is 5.97 Å². The maximum absolute atomic E-state index is 13.2. The molecule has 1 saturated heterocycles. The van der Waals surface area contributed by atoms with E-state index in [4.69, 9.17) is 5.73 Å². The fourth-order valence-electron chi connectivity index (χ4n) is 4.64. The zero-order valence-corrected chi connectivity index (χ0v) is 25.6. The minimum atomic E-state index is -1.19. The Labute approximate surface area is 251 Å². The van der Waals surface area contributed by atoms with Crippen LogP contribution in [-0.4, -0.2) is 94.1 Å². The van der Waals surface area contributed by atoms with E-state index in [1.807, 2.05) is 26.2 Å². The number of likely N-dealkylation sites (tertiary alicyclic amines) is 1. The molecule has 13 heteroatoms. The standard InChI is InChI=1S/C28H43N5O6S2/c1-17(2)14-20(24(34)31-21(28(38)39)15-18-8-5-4-6-9-18)30-25(35)22(16-40)32-26(36)23-10-7-12-33(23)27(37)19(29)11-13-41-3/h4-6,8-9,17,19-23,40H,7,10-16,29H2,1-3H3,(H,30,35)(H,31,34)(H,32,36)(H,38,39)/t19-,20-,21-,22-,23-/m0/s1. The number of hydrogen-bond acceptors (Lipinski definition) is 8. The zero-order chi connectivity index (χ0) is 30.5. The van der Waals surface area contributed by atoms with Crippen molar-refractivity contribution in [2.75, 3.05) is 24.3 Å². The fourth-order valence-corrected chi connectivity index (χ4v) is 5.39. The second kappa shape index (κ2) is 17.2. The lowest BCUT2D eigenvalue weighted by atomic mass is 10.0. The maximum Gasteiger partial charge on any atom is 0.326 e. The number of carboxylic acid groups (broad SMARTS) is 1. The first kappa shape index (κ1) is 34.4. The Morgan fingerprint density at radius 3 is 2.27 bits per heavy atom. The number of benzene rings is 1. The molecule has 0 unspecified atom stereocenters. The number of thiol groups is 1. The highest BCUT2D eigenvalue weighted by Gasteiger charge is 2.38. The summed E-state index contributed by atoms with van der Waals surface area (Å²) in [5.41, 5.74) is 6.80. The zero-order valence-electron chi connectivity index (χ0n) is 23.9. The van der Waals surface area contributed by atoms with Gasteiger partial charge in [-0.05, 0) is 49.2 Å². The normalized spacial score (nSPS) is 17.8. The first-order valence-corrected chi connectivity index (χ1v) is 15.8. The van der Waals surface area contributed by atoms with Gasteiger partial charge in [-0.1, -0.05) is 44.2 Å². The number of thioether (sulfide) groups is 1. The third-order valence-electron chi connectivity index (χ3n) is 6.84. The smallest absolute Gasteiger partial charge is 0.326 e. The number of aliphatic carboxylic acids is 1. The molecule has 0 bridgehead atoms. The Morgan fingerprint density at radius 2 is 1.68 bits per heavy atom. The third-order valence-corrected chi connectivity index (χ3v) is 7.85. The van der Waals surface area contributed by atoms with Crippen molar-refractivity contribution in [3.8, 4) is 0 Å². The van der Waals surface area contributed by atoms with Crippen LogP contribution in [0.1, 0.15) is 45.1 Å². The summed E-state index contributed by atoms with van der Waals surface area (Å²) < 4.78 is 0. The van der Waals surface area contributed by atoms with Crippen LogP contribution in [0.5, 0.6) is 0 Å². The monoisotopic (exact) mass is 609 g/mol. The van der Waals surface area contributed by atoms with E-state index in [-0.39, 0.29) is 30.4 Å². The molecule has 1 fully saturated rings. The van der Waals surface area contributed by atoms with E-state index in [1.54, 1.807) is 36.0 Å². The van der Waals surface area contributed by atoms with Crippen molar-refractivity contribution in [2.45, 2.75) is 76.2 Å². The van der Waals surface area contributed by atoms with Crippen LogP contribution >= 0.6 is 24.4 Å². The molecule has 11 nitrogen and oxygen atoms in total. The molecule has 41 heavy (non-hydrogen) atoms. The van der Waals surface area contributed by atoms with Crippen molar-refractivity contribution in [3.63, 3.8) is 0 Å². The van der Waals surface area contributed by atoms with Crippen LogP contribution in [0.15, 0.2) is 30.3 Å². The summed E-state index contributed by atoms with van der Waals surface area (Å²) in [6, 6.07) is 4.17. The molecule has 1 aromatic carbocycles. The van der Waals surface area contributed by atoms with Gasteiger partial charge in [-0.2, -0.15) is 24.4 Å². The van der Waals surface area contributed by atoms with Crippen molar-refractivity contribution in [1.82, 2.24) is 20.9 Å². The largest absolute Gasteiger partial charge is 0.480 e. The van der Waals surface area contributed by atoms with Crippen molar-refractivity contribution < 1.29 is 29.1 Å². The predicted octanol–water partition coefficient (Wildman–Crippen LogP) is 0.815. The van der Waals surface area contributed by atoms with Crippen LogP contribution in [0.3, 0.4) is 0 Å². The fraction of sp³-hybridized carbons (Fsp3) is 0.607. The summed E-state index contributed by atoms with van der Waals surface area (Å²) >= 11 is 5.82. The van der Waals surface area contributed by atoms with Gasteiger partial charge in [-0.3, -0.25) is 19.2 Å². The molecule has 2 rings (SSSR count). The highest BCUT2D eigenvalue weighted by Crippen LogP contribution is 2.19. The first-order valence-electron chi connectivity index (χ1n) is 13.8. The van der Waals surface area contributed by atoms with Gasteiger partial charge in [0.25, 0.3) is 0 Å². The average molecular weight is 610 g/mol. The summed E-state index contributed by atoms with van der Waals surface area (Å²) in [4.78, 5) is 65.7. The Bertz CT molecular complexity index is 1040. The predicted molar refractivity (Wildman–Crippen MR) is 163 cm³/mol. The number of carbonyl (C=O) groups excluding carboxylic acids is 4. The van der Waals surface area contributed by atoms with E-state index >= 15 is 0 Å². The second-order valence-electron chi connectivity index (χ2n) is 10.6. The van der Waals surface area contributed by atoms with Crippen molar-refractivity contribution in [1.29, 1.82) is 0 Å². The summed E-state index contributed by atoms with van der Waals surface area (Å²) in [5, 5.41) is 17.6. The van der Waals surface area contributed by atoms with Gasteiger partial charge in [-0.25, -0.2) is 4.79 Å². The quantitative estimate of drug-likeness (QED) is 0.150. The van der Waals surface area contributed by atoms with Crippen molar-refractivity contribution in [2.24, 2.45) is 11.7 Å². The maximum atomic E-state index is 13.2. The Kier molecular flexibility index (Phi) is 14.5. The van der Waals surface area contributed by atoms with Crippen LogP contribution in [0.2, 0.25) is 0 Å². The molecule has 6 N–H and O–H groups in total. The molecule has 1 aromatic rings. The molecule has 0 spiro atoms. The van der Waals surface area contributed by atoms with Crippen LogP contribution in [0, 0.1) is 5.92 Å². The third kappa shape index (κ3) is 10.9. The summed E-state index contributed by atoms with van der Waals surface area (Å²) in [5.74, 6) is -2.55. The van der Waals surface area contributed by atoms with E-state index in [0.717, 1.165) is 11.3 Å². The SMILES string of the molecule is CSCC[C@H](N)C(=O)N1CCC[C@H]1C(=O)N[C@@H](CS)C(=O)N[C@@H](CC(C)C)C(=O)N[C@@H](Cc1ccccc1)C(=O)O. The molecule has 4 amide bonds. The molecule has 0 aliphatic carbocycles. The van der Waals surface area contributed by atoms with Gasteiger partial charge in [0.2, 0.25) is 23.6 Å². The van der Waals surface area contributed by atoms with Crippen LogP contribution in [0.4, 0.5) is 0 Å². The minimum Gasteiger partial charge on any atom is -0.480 e. The number of carboxylic acids is 1. The minimum absolute atomic E-state index is 0.000806. The second-order valence-corrected chi connectivity index (χ2v) is 12.0. The molecule has 0 radical (unpaired) electrons. The number of hydrogen-bond donors (Lipinski definition) is 6. The number of carbonyl (C=O) groups is 5. The summed E-state index contributed by atoms with van der Waals surface area (Å²) in [7, 11) is 0. The van der Waals surface area contributed by atoms with E-state index in [2.05, 4.69) is 28.6 Å². The number of nitrogens with two attached hydrogens (primary N) is 1. The number of nitrogens with zero attached hydrogens (tertiary/aromatic N) is 1. The molecular weight excluding hydrogens is 566 g/mol. The summed E-state index contributed by atoms with van der Waals surface area (Å²) in [6.07, 6.45) is 3.85. The van der Waals surface area contributed by atoms with E-state index < -0.39 is 53.9 Å². The lowest BCUT2D eigenvalue weighted by Gasteiger charge is -2.29. The first-order chi connectivity index (χ1) is 19.5. The van der Waals surface area contributed by atoms with E-state index in [1.165, 1.54) is 4.90 Å². The molecular formula is C28H43N5O6S2. The molecule has 0 saturated carbocycles. The molecule has 228 valence electrons. The van der Waals surface area contributed by atoms with Gasteiger partial charge < -0.3 is 31.7 Å². The highest BCUT2D eigenvalue weighted by molar-refractivity contribution is 7.98. The van der Waals surface area contributed by atoms with Gasteiger partial charge in [0.05, 0.1) is 6.04 Å². The summed E-state index contributed by atoms with van der Waals surface area (Å²) in [6.45, 7) is 4.16. The Morgan fingerprint density at radius 1 is 1.05 bits per heavy atom. The number of rotatable bonds is 16. The molecule has 0 aromatic heterocycles. The van der Waals surface area contributed by atoms with Gasteiger partial charge in [0, 0.05) is 18.7 Å². The van der Waals surface area contributed by atoms with Gasteiger partial charge in [0.1, 0.15) is 24.2 Å². The molecule has 5 atom stereocenters. The highest BCUT2D eigenvalue weighted by atomic mass is 32.2.